The third-order valence-corrected chi connectivity index (χ3v) is 5.17. The Labute approximate surface area is 180 Å². The van der Waals surface area contributed by atoms with E-state index in [2.05, 4.69) is 20.6 Å². The number of nitrogens with zero attached hydrogens (tertiary/aromatic N) is 3. The highest BCUT2D eigenvalue weighted by atomic mass is 16.5. The smallest absolute Gasteiger partial charge is 0.338 e. The zero-order chi connectivity index (χ0) is 22.0. The molecule has 6 nitrogen and oxygen atoms in total. The number of aryl methyl sites for hydroxylation is 1. The first-order valence-corrected chi connectivity index (χ1v) is 10.0. The number of fused-ring (bicyclic) bond motifs is 1. The summed E-state index contributed by atoms with van der Waals surface area (Å²) in [6.07, 6.45) is 1.85. The average molecular weight is 410 g/mol. The van der Waals surface area contributed by atoms with Gasteiger partial charge in [-0.05, 0) is 74.9 Å². The lowest BCUT2D eigenvalue weighted by atomic mass is 10.1. The summed E-state index contributed by atoms with van der Waals surface area (Å²) >= 11 is 0. The molecule has 0 saturated carbocycles. The van der Waals surface area contributed by atoms with E-state index in [9.17, 15) is 10.1 Å². The fourth-order valence-electron chi connectivity index (χ4n) is 3.68. The van der Waals surface area contributed by atoms with E-state index in [4.69, 9.17) is 4.74 Å². The summed E-state index contributed by atoms with van der Waals surface area (Å²) in [5.41, 5.74) is 6.59. The minimum absolute atomic E-state index is 0.330. The summed E-state index contributed by atoms with van der Waals surface area (Å²) in [5.74, 6) is 0.218. The van der Waals surface area contributed by atoms with E-state index in [1.165, 1.54) is 0 Å². The second-order valence-corrected chi connectivity index (χ2v) is 7.20. The maximum atomic E-state index is 11.9. The number of carbonyl (C=O) groups is 1. The maximum Gasteiger partial charge on any atom is 0.338 e. The number of imidazole rings is 1. The van der Waals surface area contributed by atoms with Crippen LogP contribution in [0.2, 0.25) is 0 Å². The molecule has 6 heteroatoms. The van der Waals surface area contributed by atoms with Gasteiger partial charge in [-0.3, -0.25) is 0 Å². The van der Waals surface area contributed by atoms with Crippen LogP contribution in [0.3, 0.4) is 0 Å². The van der Waals surface area contributed by atoms with Crippen LogP contribution in [0.4, 0.5) is 0 Å². The fourth-order valence-corrected chi connectivity index (χ4v) is 3.68. The van der Waals surface area contributed by atoms with Crippen molar-refractivity contribution in [2.75, 3.05) is 6.61 Å². The van der Waals surface area contributed by atoms with E-state index in [1.807, 2.05) is 62.4 Å². The quantitative estimate of drug-likeness (QED) is 0.361. The van der Waals surface area contributed by atoms with E-state index in [0.29, 0.717) is 23.6 Å². The first-order valence-electron chi connectivity index (χ1n) is 10.0. The van der Waals surface area contributed by atoms with Gasteiger partial charge in [-0.1, -0.05) is 12.1 Å². The highest BCUT2D eigenvalue weighted by Crippen LogP contribution is 2.26. The molecule has 0 fully saturated rings. The van der Waals surface area contributed by atoms with Gasteiger partial charge in [-0.2, -0.15) is 5.26 Å². The molecule has 1 N–H and O–H groups in total. The molecule has 0 aliphatic carbocycles. The number of benzene rings is 2. The number of aromatic amines is 1. The van der Waals surface area contributed by atoms with Crippen molar-refractivity contribution < 1.29 is 9.53 Å². The SMILES string of the molecule is CCOC(=O)c1ccc(-n2c(C)cc(/C=C(\C#N)c3nc4ccccc4[nH]3)c2C)cc1. The highest BCUT2D eigenvalue weighted by Gasteiger charge is 2.14. The van der Waals surface area contributed by atoms with Gasteiger partial charge in [0.05, 0.1) is 28.8 Å². The standard InChI is InChI=1S/C25H22N4O2/c1-4-31-25(30)18-9-11-21(12-10-18)29-16(2)13-19(17(29)3)14-20(15-26)24-27-22-7-5-6-8-23(22)28-24/h5-14H,4H2,1-3H3,(H,27,28)/b20-14+. The number of esters is 1. The van der Waals surface area contributed by atoms with Crippen LogP contribution in [0.5, 0.6) is 0 Å². The molecule has 0 aliphatic heterocycles. The van der Waals surface area contributed by atoms with Crippen molar-refractivity contribution in [3.8, 4) is 11.8 Å². The summed E-state index contributed by atoms with van der Waals surface area (Å²) < 4.78 is 7.14. The van der Waals surface area contributed by atoms with Crippen LogP contribution in [0, 0.1) is 25.2 Å². The zero-order valence-electron chi connectivity index (χ0n) is 17.6. The second kappa shape index (κ2) is 8.33. The zero-order valence-corrected chi connectivity index (χ0v) is 17.6. The molecule has 0 aliphatic rings. The predicted octanol–water partition coefficient (Wildman–Crippen LogP) is 5.21. The summed E-state index contributed by atoms with van der Waals surface area (Å²) in [4.78, 5) is 19.7. The molecular formula is C25H22N4O2. The normalized spacial score (nSPS) is 11.5. The molecule has 0 radical (unpaired) electrons. The Bertz CT molecular complexity index is 1300. The van der Waals surface area contributed by atoms with Crippen molar-refractivity contribution in [1.82, 2.24) is 14.5 Å². The fraction of sp³-hybridized carbons (Fsp3) is 0.160. The van der Waals surface area contributed by atoms with Crippen LogP contribution in [-0.2, 0) is 4.74 Å². The number of H-pyrrole nitrogens is 1. The molecule has 2 heterocycles. The monoisotopic (exact) mass is 410 g/mol. The largest absolute Gasteiger partial charge is 0.462 e. The van der Waals surface area contributed by atoms with Gasteiger partial charge < -0.3 is 14.3 Å². The Balaban J connectivity index is 1.70. The lowest BCUT2D eigenvalue weighted by Gasteiger charge is -2.10. The minimum atomic E-state index is -0.330. The van der Waals surface area contributed by atoms with Gasteiger partial charge in [0.25, 0.3) is 0 Å². The van der Waals surface area contributed by atoms with Gasteiger partial charge in [0.1, 0.15) is 11.9 Å². The van der Waals surface area contributed by atoms with Crippen LogP contribution in [-0.4, -0.2) is 27.1 Å². The summed E-state index contributed by atoms with van der Waals surface area (Å²) in [5, 5.41) is 9.75. The van der Waals surface area contributed by atoms with Gasteiger partial charge in [-0.25, -0.2) is 9.78 Å². The molecule has 154 valence electrons. The molecule has 0 amide bonds. The minimum Gasteiger partial charge on any atom is -0.462 e. The third kappa shape index (κ3) is 3.86. The number of hydrogen-bond donors (Lipinski definition) is 1. The number of allylic oxidation sites excluding steroid dienone is 1. The number of hydrogen-bond acceptors (Lipinski definition) is 4. The highest BCUT2D eigenvalue weighted by molar-refractivity contribution is 5.91. The van der Waals surface area contributed by atoms with Crippen LogP contribution >= 0.6 is 0 Å². The van der Waals surface area contributed by atoms with Gasteiger partial charge >= 0.3 is 5.97 Å². The maximum absolute atomic E-state index is 11.9. The molecule has 4 rings (SSSR count). The van der Waals surface area contributed by atoms with Crippen molar-refractivity contribution in [2.45, 2.75) is 20.8 Å². The van der Waals surface area contributed by atoms with E-state index in [1.54, 1.807) is 19.1 Å². The summed E-state index contributed by atoms with van der Waals surface area (Å²) in [7, 11) is 0. The molecule has 31 heavy (non-hydrogen) atoms. The molecule has 4 aromatic rings. The van der Waals surface area contributed by atoms with Crippen LogP contribution < -0.4 is 0 Å². The van der Waals surface area contributed by atoms with E-state index < -0.39 is 0 Å². The van der Waals surface area contributed by atoms with E-state index in [-0.39, 0.29) is 5.97 Å². The van der Waals surface area contributed by atoms with Gasteiger partial charge in [0.2, 0.25) is 0 Å². The number of nitriles is 1. The topological polar surface area (TPSA) is 83.7 Å². The average Bonchev–Trinajstić information content (AvgIpc) is 3.32. The molecular weight excluding hydrogens is 388 g/mol. The van der Waals surface area contributed by atoms with Crippen molar-refractivity contribution >= 4 is 28.7 Å². The Morgan fingerprint density at radius 3 is 2.61 bits per heavy atom. The Morgan fingerprint density at radius 2 is 1.94 bits per heavy atom. The Kier molecular flexibility index (Phi) is 5.42. The molecule has 0 unspecified atom stereocenters. The van der Waals surface area contributed by atoms with Crippen molar-refractivity contribution in [3.05, 3.63) is 82.9 Å². The van der Waals surface area contributed by atoms with Crippen molar-refractivity contribution in [1.29, 1.82) is 5.26 Å². The van der Waals surface area contributed by atoms with E-state index >= 15 is 0 Å². The van der Waals surface area contributed by atoms with Gasteiger partial charge in [0.15, 0.2) is 0 Å². The van der Waals surface area contributed by atoms with Crippen LogP contribution in [0.15, 0.2) is 54.6 Å². The Morgan fingerprint density at radius 1 is 1.19 bits per heavy atom. The number of carbonyl (C=O) groups excluding carboxylic acids is 1. The molecule has 2 aromatic carbocycles. The molecule has 0 bridgehead atoms. The molecule has 0 saturated heterocycles. The van der Waals surface area contributed by atoms with Gasteiger partial charge in [0, 0.05) is 17.1 Å². The lowest BCUT2D eigenvalue weighted by molar-refractivity contribution is 0.0526. The van der Waals surface area contributed by atoms with Crippen molar-refractivity contribution in [3.63, 3.8) is 0 Å². The summed E-state index contributed by atoms with van der Waals surface area (Å²) in [6.45, 7) is 6.15. The first-order chi connectivity index (χ1) is 15.0. The van der Waals surface area contributed by atoms with Crippen LogP contribution in [0.1, 0.15) is 40.1 Å². The molecule has 2 aromatic heterocycles. The number of aromatic nitrogens is 3. The third-order valence-electron chi connectivity index (χ3n) is 5.17. The molecule has 0 spiro atoms. The van der Waals surface area contributed by atoms with E-state index in [0.717, 1.165) is 33.7 Å². The number of nitrogens with one attached hydrogen (secondary N) is 1. The predicted molar refractivity (Wildman–Crippen MR) is 121 cm³/mol. The van der Waals surface area contributed by atoms with Gasteiger partial charge in [-0.15, -0.1) is 0 Å². The number of ether oxygens (including phenoxy) is 1. The van der Waals surface area contributed by atoms with Crippen molar-refractivity contribution in [2.24, 2.45) is 0 Å². The lowest BCUT2D eigenvalue weighted by Crippen LogP contribution is -2.05. The number of rotatable bonds is 5. The van der Waals surface area contributed by atoms with Crippen LogP contribution in [0.25, 0.3) is 28.4 Å². The first kappa shape index (κ1) is 20.2. The molecule has 0 atom stereocenters. The number of para-hydroxylation sites is 2. The second-order valence-electron chi connectivity index (χ2n) is 7.20. The summed E-state index contributed by atoms with van der Waals surface area (Å²) in [6, 6.07) is 19.3. The Hall–Kier alpha value is -4.11.